The van der Waals surface area contributed by atoms with E-state index in [4.69, 9.17) is 0 Å². The van der Waals surface area contributed by atoms with E-state index in [1.54, 1.807) is 10.1 Å². The Kier molecular flexibility index (Phi) is 4.59. The van der Waals surface area contributed by atoms with Crippen molar-refractivity contribution in [1.82, 2.24) is 0 Å². The summed E-state index contributed by atoms with van der Waals surface area (Å²) in [5.41, 5.74) is 3.69. The fourth-order valence-electron chi connectivity index (χ4n) is 4.67. The van der Waals surface area contributed by atoms with Crippen molar-refractivity contribution in [3.05, 3.63) is 24.3 Å². The van der Waals surface area contributed by atoms with Crippen molar-refractivity contribution in [3.8, 4) is 0 Å². The molecule has 0 saturated carbocycles. The first-order valence-electron chi connectivity index (χ1n) is 9.16. The summed E-state index contributed by atoms with van der Waals surface area (Å²) in [6, 6.07) is 9.29. The van der Waals surface area contributed by atoms with E-state index in [0.29, 0.717) is 0 Å². The minimum atomic E-state index is 0.0262. The standard InChI is InChI=1S/C20H28P2S/c1-13-9-10-14(2)21(13)19-17-7-5-6-8-18(17)23-20(19)22-15(3)11-12-16(22)4/h5-8,13-16H,9-12H2,1-4H3/t13-,14-,15-,16-/m0/s1. The maximum atomic E-state index is 2.53. The van der Waals surface area contributed by atoms with Crippen LogP contribution in [0.15, 0.2) is 24.3 Å². The number of fused-ring (bicyclic) bond motifs is 1. The Hall–Kier alpha value is 0.0400. The first-order valence-corrected chi connectivity index (χ1v) is 12.9. The molecule has 1 aromatic carbocycles. The van der Waals surface area contributed by atoms with Crippen LogP contribution in [0.25, 0.3) is 10.1 Å². The lowest BCUT2D eigenvalue weighted by atomic mass is 10.2. The van der Waals surface area contributed by atoms with Crippen LogP contribution < -0.4 is 9.92 Å². The molecule has 2 fully saturated rings. The van der Waals surface area contributed by atoms with Crippen LogP contribution in [-0.2, 0) is 0 Å². The zero-order valence-electron chi connectivity index (χ0n) is 14.7. The van der Waals surface area contributed by atoms with Crippen molar-refractivity contribution >= 4 is 47.2 Å². The molecular formula is C20H28P2S. The third-order valence-electron chi connectivity index (χ3n) is 5.95. The molecule has 2 aliphatic heterocycles. The van der Waals surface area contributed by atoms with Crippen molar-refractivity contribution in [2.45, 2.75) is 76.0 Å². The molecule has 0 unspecified atom stereocenters. The molecule has 2 aromatic rings. The molecule has 2 saturated heterocycles. The number of benzene rings is 1. The van der Waals surface area contributed by atoms with Gasteiger partial charge in [0.25, 0.3) is 0 Å². The summed E-state index contributed by atoms with van der Waals surface area (Å²) in [7, 11) is 0.0764. The summed E-state index contributed by atoms with van der Waals surface area (Å²) in [4.78, 5) is 0. The van der Waals surface area contributed by atoms with E-state index >= 15 is 0 Å². The van der Waals surface area contributed by atoms with Gasteiger partial charge in [-0.3, -0.25) is 0 Å². The Morgan fingerprint density at radius 3 is 1.91 bits per heavy atom. The zero-order chi connectivity index (χ0) is 16.1. The Labute approximate surface area is 147 Å². The van der Waals surface area contributed by atoms with Crippen LogP contribution in [0.5, 0.6) is 0 Å². The van der Waals surface area contributed by atoms with E-state index in [9.17, 15) is 0 Å². The van der Waals surface area contributed by atoms with E-state index < -0.39 is 0 Å². The van der Waals surface area contributed by atoms with Crippen molar-refractivity contribution in [2.75, 3.05) is 0 Å². The highest BCUT2D eigenvalue weighted by molar-refractivity contribution is 7.79. The molecule has 3 heteroatoms. The lowest BCUT2D eigenvalue weighted by Gasteiger charge is -2.27. The lowest BCUT2D eigenvalue weighted by Crippen LogP contribution is -2.25. The molecule has 124 valence electrons. The van der Waals surface area contributed by atoms with Crippen molar-refractivity contribution < 1.29 is 0 Å². The average molecular weight is 362 g/mol. The van der Waals surface area contributed by atoms with Gasteiger partial charge in [0, 0.05) is 20.0 Å². The molecule has 23 heavy (non-hydrogen) atoms. The van der Waals surface area contributed by atoms with Gasteiger partial charge in [-0.15, -0.1) is 11.3 Å². The summed E-state index contributed by atoms with van der Waals surface area (Å²) in [6.07, 6.45) is 5.78. The smallest absolute Gasteiger partial charge is 0.0372 e. The van der Waals surface area contributed by atoms with Crippen LogP contribution in [-0.4, -0.2) is 22.6 Å². The maximum Gasteiger partial charge on any atom is 0.0372 e. The van der Waals surface area contributed by atoms with Crippen LogP contribution in [0.4, 0.5) is 0 Å². The first-order chi connectivity index (χ1) is 11.1. The molecule has 0 nitrogen and oxygen atoms in total. The quantitative estimate of drug-likeness (QED) is 0.553. The largest absolute Gasteiger partial charge is 0.135 e. The van der Waals surface area contributed by atoms with E-state index in [-0.39, 0.29) is 15.8 Å². The number of hydrogen-bond donors (Lipinski definition) is 0. The van der Waals surface area contributed by atoms with Gasteiger partial charge in [0.05, 0.1) is 0 Å². The van der Waals surface area contributed by atoms with Crippen LogP contribution in [0.2, 0.25) is 0 Å². The van der Waals surface area contributed by atoms with Gasteiger partial charge in [0.15, 0.2) is 0 Å². The first kappa shape index (κ1) is 16.5. The SMILES string of the molecule is C[C@H]1CC[C@H](C)P1c1sc2ccccc2c1P1[C@@H](C)CC[C@@H]1C. The van der Waals surface area contributed by atoms with E-state index in [1.165, 1.54) is 25.7 Å². The highest BCUT2D eigenvalue weighted by atomic mass is 32.1. The minimum Gasteiger partial charge on any atom is -0.135 e. The third-order valence-corrected chi connectivity index (χ3v) is 14.7. The fourth-order valence-corrected chi connectivity index (χ4v) is 14.7. The summed E-state index contributed by atoms with van der Waals surface area (Å²) in [5, 5.41) is 3.47. The van der Waals surface area contributed by atoms with Gasteiger partial charge in [-0.25, -0.2) is 0 Å². The fraction of sp³-hybridized carbons (Fsp3) is 0.600. The predicted molar refractivity (Wildman–Crippen MR) is 111 cm³/mol. The Balaban J connectivity index is 1.92. The predicted octanol–water partition coefficient (Wildman–Crippen LogP) is 6.26. The highest BCUT2D eigenvalue weighted by Crippen LogP contribution is 2.61. The van der Waals surface area contributed by atoms with Crippen LogP contribution in [0, 0.1) is 0 Å². The lowest BCUT2D eigenvalue weighted by molar-refractivity contribution is 0.777. The van der Waals surface area contributed by atoms with E-state index in [2.05, 4.69) is 63.3 Å². The molecule has 0 amide bonds. The van der Waals surface area contributed by atoms with Gasteiger partial charge in [-0.05, 0) is 54.4 Å². The van der Waals surface area contributed by atoms with E-state index in [1.807, 2.05) is 9.92 Å². The average Bonchev–Trinajstić information content (AvgIpc) is 3.16. The molecule has 0 N–H and O–H groups in total. The third kappa shape index (κ3) is 2.72. The molecular weight excluding hydrogens is 334 g/mol. The summed E-state index contributed by atoms with van der Waals surface area (Å²) >= 11 is 2.16. The van der Waals surface area contributed by atoms with Crippen LogP contribution in [0.1, 0.15) is 53.4 Å². The Morgan fingerprint density at radius 2 is 1.30 bits per heavy atom. The van der Waals surface area contributed by atoms with Crippen LogP contribution in [0.3, 0.4) is 0 Å². The molecule has 0 aliphatic carbocycles. The normalized spacial score (nSPS) is 33.0. The van der Waals surface area contributed by atoms with Crippen molar-refractivity contribution in [3.63, 3.8) is 0 Å². The Morgan fingerprint density at radius 1 is 0.783 bits per heavy atom. The molecule has 0 radical (unpaired) electrons. The summed E-state index contributed by atoms with van der Waals surface area (Å²) in [5.74, 6) is 0. The highest BCUT2D eigenvalue weighted by Gasteiger charge is 2.39. The monoisotopic (exact) mass is 362 g/mol. The number of thiophene rings is 1. The molecule has 4 rings (SSSR count). The van der Waals surface area contributed by atoms with Gasteiger partial charge in [-0.2, -0.15) is 0 Å². The molecule has 0 spiro atoms. The van der Waals surface area contributed by atoms with E-state index in [0.717, 1.165) is 22.6 Å². The molecule has 2 aliphatic rings. The van der Waals surface area contributed by atoms with Crippen molar-refractivity contribution in [2.24, 2.45) is 0 Å². The molecule has 1 aromatic heterocycles. The second-order valence-electron chi connectivity index (χ2n) is 7.62. The minimum absolute atomic E-state index is 0.0262. The summed E-state index contributed by atoms with van der Waals surface area (Å²) < 4.78 is 3.41. The van der Waals surface area contributed by atoms with Gasteiger partial charge >= 0.3 is 0 Å². The second-order valence-corrected chi connectivity index (χ2v) is 15.0. The second kappa shape index (κ2) is 6.40. The van der Waals surface area contributed by atoms with Crippen molar-refractivity contribution in [1.29, 1.82) is 0 Å². The number of rotatable bonds is 2. The van der Waals surface area contributed by atoms with Gasteiger partial charge in [-0.1, -0.05) is 61.7 Å². The van der Waals surface area contributed by atoms with Crippen LogP contribution >= 0.6 is 27.2 Å². The molecule has 4 atom stereocenters. The maximum absolute atomic E-state index is 2.53. The Bertz CT molecular complexity index is 687. The molecule has 0 bridgehead atoms. The topological polar surface area (TPSA) is 0 Å². The van der Waals surface area contributed by atoms with Gasteiger partial charge < -0.3 is 0 Å². The summed E-state index contributed by atoms with van der Waals surface area (Å²) in [6.45, 7) is 10.1. The van der Waals surface area contributed by atoms with Gasteiger partial charge in [0.1, 0.15) is 0 Å². The zero-order valence-corrected chi connectivity index (χ0v) is 17.4. The van der Waals surface area contributed by atoms with Gasteiger partial charge in [0.2, 0.25) is 0 Å². The number of hydrogen-bond acceptors (Lipinski definition) is 1. The molecule has 3 heterocycles.